The Bertz CT molecular complexity index is 1030. The standard InChI is InChI=1S/C22H20ClF2NO5/c1-29-11-21(31-19-3-2-14(23)6-18(19)25)13-8-26(9-13)22(28)16-5-12-4-15(27)10-30-20(12)7-17(16)24/h2-3,5-7,13,21H,4,8-11H2,1H3. The lowest BCUT2D eigenvalue weighted by molar-refractivity contribution is -0.121. The maximum atomic E-state index is 14.5. The van der Waals surface area contributed by atoms with Gasteiger partial charge >= 0.3 is 0 Å². The van der Waals surface area contributed by atoms with Crippen molar-refractivity contribution in [1.29, 1.82) is 0 Å². The van der Waals surface area contributed by atoms with Gasteiger partial charge in [-0.05, 0) is 24.3 Å². The SMILES string of the molecule is COCC(Oc1ccc(Cl)cc1F)C1CN(C(=O)c2cc3c(cc2F)OCC(=O)C3)C1. The van der Waals surface area contributed by atoms with Crippen molar-refractivity contribution in [2.75, 3.05) is 33.4 Å². The molecule has 0 bridgehead atoms. The van der Waals surface area contributed by atoms with Crippen LogP contribution in [0.2, 0.25) is 5.02 Å². The van der Waals surface area contributed by atoms with Gasteiger partial charge in [-0.2, -0.15) is 0 Å². The van der Waals surface area contributed by atoms with Crippen LogP contribution < -0.4 is 9.47 Å². The highest BCUT2D eigenvalue weighted by Crippen LogP contribution is 2.31. The molecule has 2 aromatic rings. The summed E-state index contributed by atoms with van der Waals surface area (Å²) in [6, 6.07) is 6.64. The number of methoxy groups -OCH3 is 1. The number of rotatable bonds is 6. The van der Waals surface area contributed by atoms with E-state index in [1.165, 1.54) is 30.2 Å². The minimum Gasteiger partial charge on any atom is -0.485 e. The van der Waals surface area contributed by atoms with E-state index in [2.05, 4.69) is 0 Å². The fourth-order valence-electron chi connectivity index (χ4n) is 3.71. The van der Waals surface area contributed by atoms with Gasteiger partial charge in [0.05, 0.1) is 12.2 Å². The molecule has 9 heteroatoms. The Morgan fingerprint density at radius 2 is 2.03 bits per heavy atom. The Morgan fingerprint density at radius 3 is 2.74 bits per heavy atom. The fraction of sp³-hybridized carbons (Fsp3) is 0.364. The van der Waals surface area contributed by atoms with Crippen LogP contribution in [0.3, 0.4) is 0 Å². The third-order valence-electron chi connectivity index (χ3n) is 5.38. The summed E-state index contributed by atoms with van der Waals surface area (Å²) in [5, 5.41) is 0.257. The number of nitrogens with zero attached hydrogens (tertiary/aromatic N) is 1. The molecule has 1 unspecified atom stereocenters. The van der Waals surface area contributed by atoms with Gasteiger partial charge in [-0.25, -0.2) is 8.78 Å². The third kappa shape index (κ3) is 4.50. The van der Waals surface area contributed by atoms with Crippen molar-refractivity contribution >= 4 is 23.3 Å². The van der Waals surface area contributed by atoms with E-state index in [1.54, 1.807) is 0 Å². The molecule has 1 amide bonds. The maximum absolute atomic E-state index is 14.5. The molecule has 0 saturated carbocycles. The van der Waals surface area contributed by atoms with Crippen molar-refractivity contribution in [3.63, 3.8) is 0 Å². The van der Waals surface area contributed by atoms with Gasteiger partial charge < -0.3 is 19.1 Å². The van der Waals surface area contributed by atoms with Crippen molar-refractivity contribution in [2.24, 2.45) is 5.92 Å². The highest BCUT2D eigenvalue weighted by atomic mass is 35.5. The summed E-state index contributed by atoms with van der Waals surface area (Å²) in [5.74, 6) is -1.69. The van der Waals surface area contributed by atoms with E-state index in [4.69, 9.17) is 25.8 Å². The molecule has 31 heavy (non-hydrogen) atoms. The molecule has 0 spiro atoms. The minimum atomic E-state index is -0.700. The van der Waals surface area contributed by atoms with Crippen molar-refractivity contribution in [3.8, 4) is 11.5 Å². The molecule has 4 rings (SSSR count). The molecule has 0 aromatic heterocycles. The average Bonchev–Trinajstić information content (AvgIpc) is 2.68. The summed E-state index contributed by atoms with van der Waals surface area (Å²) in [5.41, 5.74) is 0.389. The summed E-state index contributed by atoms with van der Waals surface area (Å²) >= 11 is 5.77. The van der Waals surface area contributed by atoms with E-state index in [9.17, 15) is 18.4 Å². The van der Waals surface area contributed by atoms with E-state index in [0.29, 0.717) is 18.7 Å². The Kier molecular flexibility index (Phi) is 6.11. The van der Waals surface area contributed by atoms with Gasteiger partial charge in [0.15, 0.2) is 17.3 Å². The molecule has 1 saturated heterocycles. The number of ketones is 1. The number of ether oxygens (including phenoxy) is 3. The molecule has 0 aliphatic carbocycles. The van der Waals surface area contributed by atoms with Crippen molar-refractivity contribution in [2.45, 2.75) is 12.5 Å². The molecule has 6 nitrogen and oxygen atoms in total. The van der Waals surface area contributed by atoms with Crippen molar-refractivity contribution < 1.29 is 32.6 Å². The van der Waals surface area contributed by atoms with Crippen LogP contribution in [-0.2, 0) is 16.0 Å². The van der Waals surface area contributed by atoms with Gasteiger partial charge in [0.25, 0.3) is 5.91 Å². The first-order chi connectivity index (χ1) is 14.9. The lowest BCUT2D eigenvalue weighted by Gasteiger charge is -2.43. The monoisotopic (exact) mass is 451 g/mol. The average molecular weight is 452 g/mol. The van der Waals surface area contributed by atoms with Crippen LogP contribution in [0.25, 0.3) is 0 Å². The van der Waals surface area contributed by atoms with Crippen LogP contribution in [0.15, 0.2) is 30.3 Å². The van der Waals surface area contributed by atoms with Crippen LogP contribution >= 0.6 is 11.6 Å². The van der Waals surface area contributed by atoms with E-state index < -0.39 is 23.6 Å². The summed E-state index contributed by atoms with van der Waals surface area (Å²) < 4.78 is 44.7. The van der Waals surface area contributed by atoms with Crippen molar-refractivity contribution in [3.05, 3.63) is 58.1 Å². The molecule has 0 radical (unpaired) electrons. The zero-order valence-electron chi connectivity index (χ0n) is 16.7. The van der Waals surface area contributed by atoms with Crippen LogP contribution in [0, 0.1) is 17.6 Å². The number of carbonyl (C=O) groups is 2. The largest absolute Gasteiger partial charge is 0.485 e. The topological polar surface area (TPSA) is 65.1 Å². The molecule has 1 fully saturated rings. The zero-order valence-corrected chi connectivity index (χ0v) is 17.5. The van der Waals surface area contributed by atoms with Gasteiger partial charge in [-0.15, -0.1) is 0 Å². The Hall–Kier alpha value is -2.71. The first kappa shape index (κ1) is 21.5. The maximum Gasteiger partial charge on any atom is 0.256 e. The number of hydrogen-bond acceptors (Lipinski definition) is 5. The third-order valence-corrected chi connectivity index (χ3v) is 5.62. The summed E-state index contributed by atoms with van der Waals surface area (Å²) in [4.78, 5) is 25.9. The van der Waals surface area contributed by atoms with Gasteiger partial charge in [0.2, 0.25) is 0 Å². The molecule has 2 heterocycles. The highest BCUT2D eigenvalue weighted by molar-refractivity contribution is 6.30. The first-order valence-electron chi connectivity index (χ1n) is 9.72. The summed E-state index contributed by atoms with van der Waals surface area (Å²) in [6.45, 7) is 0.701. The van der Waals surface area contributed by atoms with Crippen LogP contribution in [0.5, 0.6) is 11.5 Å². The van der Waals surface area contributed by atoms with Crippen LogP contribution in [0.4, 0.5) is 8.78 Å². The number of likely N-dealkylation sites (tertiary alicyclic amines) is 1. The van der Waals surface area contributed by atoms with E-state index in [-0.39, 0.29) is 53.4 Å². The normalized spacial score (nSPS) is 16.9. The molecular weight excluding hydrogens is 432 g/mol. The van der Waals surface area contributed by atoms with Crippen LogP contribution in [-0.4, -0.2) is 56.1 Å². The van der Waals surface area contributed by atoms with Crippen molar-refractivity contribution in [1.82, 2.24) is 4.90 Å². The quantitative estimate of drug-likeness (QED) is 0.674. The first-order valence-corrected chi connectivity index (χ1v) is 10.1. The zero-order chi connectivity index (χ0) is 22.1. The predicted octanol–water partition coefficient (Wildman–Crippen LogP) is 3.29. The van der Waals surface area contributed by atoms with Crippen LogP contribution in [0.1, 0.15) is 15.9 Å². The fourth-order valence-corrected chi connectivity index (χ4v) is 3.87. The predicted molar refractivity (Wildman–Crippen MR) is 108 cm³/mol. The summed E-state index contributed by atoms with van der Waals surface area (Å²) in [7, 11) is 1.50. The molecule has 0 N–H and O–H groups in total. The summed E-state index contributed by atoms with van der Waals surface area (Å²) in [6.07, 6.45) is -0.390. The van der Waals surface area contributed by atoms with Gasteiger partial charge in [0.1, 0.15) is 24.3 Å². The number of halogens is 3. The number of hydrogen-bond donors (Lipinski definition) is 0. The number of benzene rings is 2. The van der Waals surface area contributed by atoms with E-state index in [1.807, 2.05) is 0 Å². The molecular formula is C22H20ClF2NO5. The lowest BCUT2D eigenvalue weighted by Crippen LogP contribution is -2.56. The Labute approximate surface area is 182 Å². The number of carbonyl (C=O) groups excluding carboxylic acids is 2. The molecule has 1 atom stereocenters. The second-order valence-corrected chi connectivity index (χ2v) is 8.04. The van der Waals surface area contributed by atoms with E-state index in [0.717, 1.165) is 12.1 Å². The Morgan fingerprint density at radius 1 is 1.26 bits per heavy atom. The van der Waals surface area contributed by atoms with Gasteiger partial charge in [-0.3, -0.25) is 9.59 Å². The second-order valence-electron chi connectivity index (χ2n) is 7.60. The van der Waals surface area contributed by atoms with E-state index >= 15 is 0 Å². The highest BCUT2D eigenvalue weighted by Gasteiger charge is 2.39. The van der Waals surface area contributed by atoms with Gasteiger partial charge in [0, 0.05) is 49.2 Å². The Balaban J connectivity index is 1.44. The molecule has 2 aliphatic rings. The second kappa shape index (κ2) is 8.80. The molecule has 164 valence electrons. The molecule has 2 aliphatic heterocycles. The number of amides is 1. The van der Waals surface area contributed by atoms with Gasteiger partial charge in [-0.1, -0.05) is 11.6 Å². The number of Topliss-reactive ketones (excluding diaryl/α,β-unsaturated/α-hetero) is 1. The minimum absolute atomic E-state index is 0.0432. The number of fused-ring (bicyclic) bond motifs is 1. The smallest absolute Gasteiger partial charge is 0.256 e. The lowest BCUT2D eigenvalue weighted by atomic mass is 9.92. The molecule has 2 aromatic carbocycles.